The first kappa shape index (κ1) is 13.1. The van der Waals surface area contributed by atoms with Crippen LogP contribution in [-0.2, 0) is 10.3 Å². The number of benzene rings is 1. The third-order valence-corrected chi connectivity index (χ3v) is 4.18. The molecular formula is C15H18N2O3. The van der Waals surface area contributed by atoms with Gasteiger partial charge in [0, 0.05) is 18.8 Å². The van der Waals surface area contributed by atoms with Crippen molar-refractivity contribution in [3.8, 4) is 0 Å². The van der Waals surface area contributed by atoms with E-state index in [1.54, 1.807) is 12.1 Å². The Morgan fingerprint density at radius 2 is 2.10 bits per heavy atom. The zero-order valence-corrected chi connectivity index (χ0v) is 11.7. The van der Waals surface area contributed by atoms with Gasteiger partial charge in [-0.1, -0.05) is 6.07 Å². The first-order valence-electron chi connectivity index (χ1n) is 6.82. The number of aryl methyl sites for hydroxylation is 1. The van der Waals surface area contributed by atoms with Crippen LogP contribution in [-0.4, -0.2) is 33.8 Å². The lowest BCUT2D eigenvalue weighted by Gasteiger charge is -2.36. The van der Waals surface area contributed by atoms with Crippen LogP contribution in [0.5, 0.6) is 0 Å². The van der Waals surface area contributed by atoms with Gasteiger partial charge >= 0.3 is 5.97 Å². The Morgan fingerprint density at radius 3 is 2.75 bits per heavy atom. The van der Waals surface area contributed by atoms with E-state index in [1.165, 1.54) is 0 Å². The molecule has 1 aliphatic heterocycles. The Bertz CT molecular complexity index is 669. The second-order valence-corrected chi connectivity index (χ2v) is 5.58. The summed E-state index contributed by atoms with van der Waals surface area (Å²) in [7, 11) is 0. The maximum atomic E-state index is 11.5. The van der Waals surface area contributed by atoms with Gasteiger partial charge in [-0.05, 0) is 38.8 Å². The molecule has 0 amide bonds. The summed E-state index contributed by atoms with van der Waals surface area (Å²) < 4.78 is 7.53. The Labute approximate surface area is 117 Å². The molecular weight excluding hydrogens is 256 g/mol. The Morgan fingerprint density at radius 1 is 1.40 bits per heavy atom. The molecule has 1 N–H and O–H groups in total. The summed E-state index contributed by atoms with van der Waals surface area (Å²) in [5, 5.41) is 9.43. The summed E-state index contributed by atoms with van der Waals surface area (Å²) in [5.41, 5.74) is 1.65. The first-order valence-corrected chi connectivity index (χ1v) is 6.82. The van der Waals surface area contributed by atoms with Crippen LogP contribution < -0.4 is 0 Å². The molecule has 1 aromatic carbocycles. The van der Waals surface area contributed by atoms with Crippen molar-refractivity contribution in [3.05, 3.63) is 29.6 Å². The highest BCUT2D eigenvalue weighted by molar-refractivity contribution is 6.01. The second-order valence-electron chi connectivity index (χ2n) is 5.58. The van der Waals surface area contributed by atoms with Gasteiger partial charge < -0.3 is 14.4 Å². The molecule has 5 heteroatoms. The number of imidazole rings is 1. The standard InChI is InChI=1S/C15H18N2O3/c1-10-16-12-5-3-4-11(14(18)19)13(12)17(10)15(2)6-8-20-9-7-15/h3-5H,6-9H2,1-2H3,(H,18,19). The molecule has 1 fully saturated rings. The predicted molar refractivity (Wildman–Crippen MR) is 75.1 cm³/mol. The third kappa shape index (κ3) is 1.89. The molecule has 106 valence electrons. The number of hydrogen-bond acceptors (Lipinski definition) is 3. The van der Waals surface area contributed by atoms with Gasteiger partial charge in [0.15, 0.2) is 0 Å². The molecule has 0 aliphatic carbocycles. The Kier molecular flexibility index (Phi) is 3.01. The summed E-state index contributed by atoms with van der Waals surface area (Å²) >= 11 is 0. The molecule has 0 radical (unpaired) electrons. The molecule has 1 aliphatic rings. The van der Waals surface area contributed by atoms with Crippen LogP contribution in [0.4, 0.5) is 0 Å². The summed E-state index contributed by atoms with van der Waals surface area (Å²) in [6.45, 7) is 5.49. The lowest BCUT2D eigenvalue weighted by atomic mass is 9.91. The second kappa shape index (κ2) is 4.59. The first-order chi connectivity index (χ1) is 9.53. The SMILES string of the molecule is Cc1nc2cccc(C(=O)O)c2n1C1(C)CCOCC1. The van der Waals surface area contributed by atoms with E-state index < -0.39 is 5.97 Å². The molecule has 1 saturated heterocycles. The molecule has 0 bridgehead atoms. The zero-order chi connectivity index (χ0) is 14.3. The normalized spacial score (nSPS) is 18.3. The number of rotatable bonds is 2. The minimum atomic E-state index is -0.910. The van der Waals surface area contributed by atoms with Gasteiger partial charge in [-0.25, -0.2) is 9.78 Å². The number of aromatic nitrogens is 2. The van der Waals surface area contributed by atoms with E-state index in [4.69, 9.17) is 4.74 Å². The van der Waals surface area contributed by atoms with E-state index in [1.807, 2.05) is 13.0 Å². The number of para-hydroxylation sites is 1. The Balaban J connectivity index is 2.29. The molecule has 1 aromatic heterocycles. The number of carbonyl (C=O) groups is 1. The molecule has 3 rings (SSSR count). The maximum absolute atomic E-state index is 11.5. The fourth-order valence-corrected chi connectivity index (χ4v) is 3.11. The van der Waals surface area contributed by atoms with Crippen LogP contribution in [0.15, 0.2) is 18.2 Å². The van der Waals surface area contributed by atoms with Crippen molar-refractivity contribution in [3.63, 3.8) is 0 Å². The highest BCUT2D eigenvalue weighted by Gasteiger charge is 2.33. The van der Waals surface area contributed by atoms with Crippen LogP contribution in [0.1, 0.15) is 35.9 Å². The summed E-state index contributed by atoms with van der Waals surface area (Å²) in [5.74, 6) is -0.0505. The summed E-state index contributed by atoms with van der Waals surface area (Å²) in [6.07, 6.45) is 1.74. The van der Waals surface area contributed by atoms with Gasteiger partial charge in [-0.15, -0.1) is 0 Å². The van der Waals surface area contributed by atoms with E-state index in [9.17, 15) is 9.90 Å². The lowest BCUT2D eigenvalue weighted by molar-refractivity contribution is 0.0303. The minimum Gasteiger partial charge on any atom is -0.478 e. The van der Waals surface area contributed by atoms with Crippen molar-refractivity contribution < 1.29 is 14.6 Å². The fourth-order valence-electron chi connectivity index (χ4n) is 3.11. The highest BCUT2D eigenvalue weighted by atomic mass is 16.5. The van der Waals surface area contributed by atoms with Gasteiger partial charge in [0.05, 0.1) is 16.6 Å². The van der Waals surface area contributed by atoms with E-state index in [0.29, 0.717) is 18.8 Å². The molecule has 5 nitrogen and oxygen atoms in total. The average Bonchev–Trinajstić information content (AvgIpc) is 2.75. The summed E-state index contributed by atoms with van der Waals surface area (Å²) in [6, 6.07) is 5.26. The van der Waals surface area contributed by atoms with Crippen LogP contribution in [0, 0.1) is 6.92 Å². The number of hydrogen-bond donors (Lipinski definition) is 1. The van der Waals surface area contributed by atoms with E-state index in [-0.39, 0.29) is 5.54 Å². The number of carboxylic acid groups (broad SMARTS) is 1. The number of fused-ring (bicyclic) bond motifs is 1. The Hall–Kier alpha value is -1.88. The van der Waals surface area contributed by atoms with E-state index in [2.05, 4.69) is 16.5 Å². The number of carboxylic acids is 1. The van der Waals surface area contributed by atoms with E-state index >= 15 is 0 Å². The molecule has 0 saturated carbocycles. The van der Waals surface area contributed by atoms with Crippen molar-refractivity contribution in [2.45, 2.75) is 32.2 Å². The topological polar surface area (TPSA) is 64.3 Å². The maximum Gasteiger partial charge on any atom is 0.337 e. The molecule has 0 unspecified atom stereocenters. The molecule has 2 aromatic rings. The van der Waals surface area contributed by atoms with Crippen LogP contribution >= 0.6 is 0 Å². The quantitative estimate of drug-likeness (QED) is 0.914. The van der Waals surface area contributed by atoms with Crippen molar-refractivity contribution in [2.24, 2.45) is 0 Å². The van der Waals surface area contributed by atoms with Gasteiger partial charge in [-0.2, -0.15) is 0 Å². The van der Waals surface area contributed by atoms with Crippen molar-refractivity contribution in [2.75, 3.05) is 13.2 Å². The zero-order valence-electron chi connectivity index (χ0n) is 11.7. The van der Waals surface area contributed by atoms with Crippen LogP contribution in [0.3, 0.4) is 0 Å². The van der Waals surface area contributed by atoms with Gasteiger partial charge in [-0.3, -0.25) is 0 Å². The largest absolute Gasteiger partial charge is 0.478 e. The van der Waals surface area contributed by atoms with Gasteiger partial charge in [0.25, 0.3) is 0 Å². The number of ether oxygens (including phenoxy) is 1. The number of aromatic carboxylic acids is 1. The third-order valence-electron chi connectivity index (χ3n) is 4.18. The monoisotopic (exact) mass is 274 g/mol. The summed E-state index contributed by atoms with van der Waals surface area (Å²) in [4.78, 5) is 16.0. The predicted octanol–water partition coefficient (Wildman–Crippen LogP) is 2.57. The minimum absolute atomic E-state index is 0.136. The van der Waals surface area contributed by atoms with Gasteiger partial charge in [0.2, 0.25) is 0 Å². The number of nitrogens with zero attached hydrogens (tertiary/aromatic N) is 2. The van der Waals surface area contributed by atoms with Crippen molar-refractivity contribution >= 4 is 17.0 Å². The highest BCUT2D eigenvalue weighted by Crippen LogP contribution is 2.34. The molecule has 2 heterocycles. The smallest absolute Gasteiger partial charge is 0.337 e. The van der Waals surface area contributed by atoms with Crippen molar-refractivity contribution in [1.82, 2.24) is 9.55 Å². The molecule has 0 spiro atoms. The fraction of sp³-hybridized carbons (Fsp3) is 0.467. The van der Waals surface area contributed by atoms with Crippen LogP contribution in [0.2, 0.25) is 0 Å². The molecule has 20 heavy (non-hydrogen) atoms. The van der Waals surface area contributed by atoms with Gasteiger partial charge in [0.1, 0.15) is 5.82 Å². The van der Waals surface area contributed by atoms with E-state index in [0.717, 1.165) is 29.7 Å². The van der Waals surface area contributed by atoms with Crippen molar-refractivity contribution in [1.29, 1.82) is 0 Å². The lowest BCUT2D eigenvalue weighted by Crippen LogP contribution is -2.37. The van der Waals surface area contributed by atoms with Crippen LogP contribution in [0.25, 0.3) is 11.0 Å². The molecule has 0 atom stereocenters. The average molecular weight is 274 g/mol.